The molecule has 3 saturated heterocycles. The van der Waals surface area contributed by atoms with Gasteiger partial charge in [-0.15, -0.1) is 10.8 Å². The summed E-state index contributed by atoms with van der Waals surface area (Å²) in [6.07, 6.45) is -6.19. The van der Waals surface area contributed by atoms with Gasteiger partial charge < -0.3 is 9.84 Å². The Morgan fingerprint density at radius 2 is 2.04 bits per heavy atom. The molecule has 136 valence electrons. The summed E-state index contributed by atoms with van der Waals surface area (Å²) in [5, 5.41) is 18.1. The third-order valence-corrected chi connectivity index (χ3v) is 7.55. The van der Waals surface area contributed by atoms with Gasteiger partial charge in [-0.25, -0.2) is 0 Å². The van der Waals surface area contributed by atoms with E-state index in [1.165, 1.54) is 16.4 Å². The fourth-order valence-corrected chi connectivity index (χ4v) is 6.56. The third-order valence-electron chi connectivity index (χ3n) is 5.19. The molecule has 1 aromatic carbocycles. The van der Waals surface area contributed by atoms with Crippen LogP contribution in [0.3, 0.4) is 0 Å². The molecular formula is C15H15F3N2O4S. The van der Waals surface area contributed by atoms with E-state index in [1.807, 2.05) is 0 Å². The first-order chi connectivity index (χ1) is 11.6. The van der Waals surface area contributed by atoms with E-state index >= 15 is 0 Å². The van der Waals surface area contributed by atoms with Crippen LogP contribution in [0.4, 0.5) is 18.9 Å². The number of hydrogen-bond donors (Lipinski definition) is 3. The number of nitriles is 1. The molecule has 10 heteroatoms. The molecule has 4 rings (SSSR count). The number of benzene rings is 1. The summed E-state index contributed by atoms with van der Waals surface area (Å²) in [6.45, 7) is 0.129. The van der Waals surface area contributed by atoms with Gasteiger partial charge in [0.1, 0.15) is 11.4 Å². The highest BCUT2D eigenvalue weighted by molar-refractivity contribution is 8.26. The van der Waals surface area contributed by atoms with Crippen molar-refractivity contribution in [3.8, 4) is 6.07 Å². The van der Waals surface area contributed by atoms with Crippen molar-refractivity contribution < 1.29 is 32.1 Å². The molecule has 0 unspecified atom stereocenters. The zero-order valence-electron chi connectivity index (χ0n) is 12.7. The van der Waals surface area contributed by atoms with E-state index in [-0.39, 0.29) is 24.3 Å². The van der Waals surface area contributed by atoms with Crippen LogP contribution in [0.1, 0.15) is 17.5 Å². The lowest BCUT2D eigenvalue weighted by Crippen LogP contribution is -2.40. The second-order valence-corrected chi connectivity index (χ2v) is 8.64. The maximum absolute atomic E-state index is 13.2. The van der Waals surface area contributed by atoms with E-state index in [2.05, 4.69) is 0 Å². The molecule has 3 N–H and O–H groups in total. The largest absolute Gasteiger partial charge is 0.417 e. The van der Waals surface area contributed by atoms with Crippen LogP contribution in [-0.2, 0) is 10.9 Å². The Bertz CT molecular complexity index is 766. The van der Waals surface area contributed by atoms with Gasteiger partial charge >= 0.3 is 6.18 Å². The lowest BCUT2D eigenvalue weighted by atomic mass is 9.87. The van der Waals surface area contributed by atoms with E-state index in [4.69, 9.17) is 10.00 Å². The van der Waals surface area contributed by atoms with Crippen molar-refractivity contribution in [1.29, 1.82) is 5.26 Å². The lowest BCUT2D eigenvalue weighted by Gasteiger charge is -2.44. The average Bonchev–Trinajstić information content (AvgIpc) is 3.15. The number of anilines is 1. The minimum atomic E-state index is -4.72. The van der Waals surface area contributed by atoms with Gasteiger partial charge in [-0.1, -0.05) is 0 Å². The number of halogens is 3. The Labute approximate surface area is 142 Å². The van der Waals surface area contributed by atoms with Crippen molar-refractivity contribution in [1.82, 2.24) is 0 Å². The number of rotatable bonds is 1. The zero-order chi connectivity index (χ0) is 18.1. The molecule has 3 heterocycles. The Kier molecular flexibility index (Phi) is 3.55. The molecule has 3 aliphatic heterocycles. The van der Waals surface area contributed by atoms with Crippen LogP contribution in [-0.4, -0.2) is 44.3 Å². The molecule has 0 spiro atoms. The van der Waals surface area contributed by atoms with Gasteiger partial charge in [0.25, 0.3) is 0 Å². The van der Waals surface area contributed by atoms with Crippen LogP contribution < -0.4 is 4.31 Å². The molecule has 25 heavy (non-hydrogen) atoms. The molecule has 0 amide bonds. The molecule has 0 aromatic heterocycles. The van der Waals surface area contributed by atoms with Crippen LogP contribution in [0.5, 0.6) is 0 Å². The smallest absolute Gasteiger partial charge is 0.390 e. The first-order valence-electron chi connectivity index (χ1n) is 7.64. The van der Waals surface area contributed by atoms with E-state index in [1.54, 1.807) is 0 Å². The van der Waals surface area contributed by atoms with Gasteiger partial charge in [-0.05, 0) is 18.2 Å². The van der Waals surface area contributed by atoms with Crippen LogP contribution in [0.25, 0.3) is 0 Å². The summed E-state index contributed by atoms with van der Waals surface area (Å²) in [5.74, 6) is -0.261. The summed E-state index contributed by atoms with van der Waals surface area (Å²) >= 11 is 0. The van der Waals surface area contributed by atoms with Crippen molar-refractivity contribution in [2.24, 2.45) is 5.92 Å². The summed E-state index contributed by atoms with van der Waals surface area (Å²) < 4.78 is 67.6. The van der Waals surface area contributed by atoms with Crippen molar-refractivity contribution in [2.75, 3.05) is 10.8 Å². The lowest BCUT2D eigenvalue weighted by molar-refractivity contribution is -0.137. The Morgan fingerprint density at radius 3 is 2.68 bits per heavy atom. The highest BCUT2D eigenvalue weighted by Gasteiger charge is 2.64. The molecule has 0 radical (unpaired) electrons. The topological polar surface area (TPSA) is 97.0 Å². The molecule has 3 fully saturated rings. The van der Waals surface area contributed by atoms with Gasteiger partial charge in [-0.3, -0.25) is 13.4 Å². The number of fused-ring (bicyclic) bond motifs is 5. The molecule has 2 bridgehead atoms. The van der Waals surface area contributed by atoms with Gasteiger partial charge in [-0.2, -0.15) is 18.4 Å². The van der Waals surface area contributed by atoms with Gasteiger partial charge in [0.2, 0.25) is 0 Å². The maximum Gasteiger partial charge on any atom is 0.417 e. The van der Waals surface area contributed by atoms with Crippen molar-refractivity contribution >= 4 is 16.5 Å². The normalized spacial score (nSPS) is 37.0. The first-order valence-corrected chi connectivity index (χ1v) is 9.21. The third kappa shape index (κ3) is 2.34. The van der Waals surface area contributed by atoms with E-state index in [0.717, 1.165) is 12.1 Å². The maximum atomic E-state index is 13.2. The summed E-state index contributed by atoms with van der Waals surface area (Å²) in [7, 11) is -3.47. The Balaban J connectivity index is 1.73. The van der Waals surface area contributed by atoms with Gasteiger partial charge in [0, 0.05) is 18.9 Å². The van der Waals surface area contributed by atoms with E-state index in [9.17, 15) is 27.4 Å². The zero-order valence-corrected chi connectivity index (χ0v) is 13.5. The van der Waals surface area contributed by atoms with Gasteiger partial charge in [0.05, 0.1) is 35.1 Å². The highest BCUT2D eigenvalue weighted by Crippen LogP contribution is 2.65. The number of aliphatic hydroxyl groups excluding tert-OH is 1. The van der Waals surface area contributed by atoms with Crippen molar-refractivity contribution in [2.45, 2.75) is 36.2 Å². The van der Waals surface area contributed by atoms with Crippen LogP contribution >= 0.6 is 10.8 Å². The molecule has 0 aliphatic carbocycles. The number of aliphatic hydroxyl groups is 1. The SMILES string of the molecule is N#Cc1ccc(N2C[C@H]3[C@H]([C@@H]4O[C@H]3C[C@H]4O)S2(O)O)cc1C(F)(F)F. The minimum absolute atomic E-state index is 0.00499. The van der Waals surface area contributed by atoms with E-state index in [0.29, 0.717) is 6.42 Å². The molecule has 0 saturated carbocycles. The van der Waals surface area contributed by atoms with Crippen LogP contribution in [0.15, 0.2) is 18.2 Å². The van der Waals surface area contributed by atoms with Crippen LogP contribution in [0.2, 0.25) is 0 Å². The standard InChI is InChI=1S/C15H15F3N2O4S/c16-15(17,18)10-3-8(2-1-7(10)5-19)20-6-9-12-4-11(21)13(24-12)14(9)25(20,22)23/h1-3,9,11-14,21-23H,4,6H2/t9-,11-,12+,13-,14-/m1/s1. The van der Waals surface area contributed by atoms with Crippen molar-refractivity contribution in [3.63, 3.8) is 0 Å². The fraction of sp³-hybridized carbons (Fsp3) is 0.533. The summed E-state index contributed by atoms with van der Waals surface area (Å²) in [5.41, 5.74) is -1.64. The second-order valence-electron chi connectivity index (χ2n) is 6.53. The molecular weight excluding hydrogens is 361 g/mol. The Morgan fingerprint density at radius 1 is 1.32 bits per heavy atom. The van der Waals surface area contributed by atoms with Crippen LogP contribution in [0, 0.1) is 17.2 Å². The monoisotopic (exact) mass is 376 g/mol. The average molecular weight is 376 g/mol. The molecule has 5 atom stereocenters. The number of alkyl halides is 3. The van der Waals surface area contributed by atoms with E-state index < -0.39 is 45.5 Å². The predicted octanol–water partition coefficient (Wildman–Crippen LogP) is 2.58. The molecule has 6 nitrogen and oxygen atoms in total. The molecule has 3 aliphatic rings. The Hall–Kier alpha value is -1.51. The number of hydrogen-bond acceptors (Lipinski definition) is 6. The summed E-state index contributed by atoms with van der Waals surface area (Å²) in [4.78, 5) is 0. The quantitative estimate of drug-likeness (QED) is 0.697. The number of ether oxygens (including phenoxy) is 1. The predicted molar refractivity (Wildman–Crippen MR) is 82.9 cm³/mol. The first kappa shape index (κ1) is 16.9. The number of nitrogens with zero attached hydrogens (tertiary/aromatic N) is 2. The molecule has 1 aromatic rings. The minimum Gasteiger partial charge on any atom is -0.390 e. The highest BCUT2D eigenvalue weighted by atomic mass is 32.3. The second kappa shape index (κ2) is 5.25. The van der Waals surface area contributed by atoms with Gasteiger partial charge in [0.15, 0.2) is 0 Å². The fourth-order valence-electron chi connectivity index (χ4n) is 4.11. The van der Waals surface area contributed by atoms with Crippen molar-refractivity contribution in [3.05, 3.63) is 29.3 Å². The summed E-state index contributed by atoms with van der Waals surface area (Å²) in [6, 6.07) is 4.58.